The first-order valence-electron chi connectivity index (χ1n) is 12.3. The van der Waals surface area contributed by atoms with Crippen molar-refractivity contribution in [3.63, 3.8) is 0 Å². The summed E-state index contributed by atoms with van der Waals surface area (Å²) >= 11 is 6.05. The molecule has 40 heavy (non-hydrogen) atoms. The van der Waals surface area contributed by atoms with Crippen LogP contribution < -0.4 is 10.1 Å². The molecule has 10 heteroatoms. The van der Waals surface area contributed by atoms with E-state index in [1.807, 2.05) is 24.3 Å². The molecule has 8 nitrogen and oxygen atoms in total. The Kier molecular flexibility index (Phi) is 7.93. The van der Waals surface area contributed by atoms with Gasteiger partial charge in [0.1, 0.15) is 23.9 Å². The van der Waals surface area contributed by atoms with Gasteiger partial charge in [0.15, 0.2) is 0 Å². The summed E-state index contributed by atoms with van der Waals surface area (Å²) in [6.07, 6.45) is 3.25. The number of aromatic nitrogens is 2. The highest BCUT2D eigenvalue weighted by molar-refractivity contribution is 6.30. The third-order valence-corrected chi connectivity index (χ3v) is 6.35. The number of carbonyl (C=O) groups is 2. The lowest BCUT2D eigenvalue weighted by Crippen LogP contribution is -2.38. The molecule has 5 rings (SSSR count). The van der Waals surface area contributed by atoms with Gasteiger partial charge < -0.3 is 14.1 Å². The first-order chi connectivity index (χ1) is 19.4. The minimum Gasteiger partial charge on any atom is -0.497 e. The molecule has 0 aliphatic carbocycles. The Morgan fingerprint density at radius 3 is 2.45 bits per heavy atom. The molecule has 0 radical (unpaired) electrons. The summed E-state index contributed by atoms with van der Waals surface area (Å²) in [6.45, 7) is -0.407. The maximum Gasteiger partial charge on any atom is 0.257 e. The minimum absolute atomic E-state index is 0.0312. The molecule has 0 aliphatic rings. The summed E-state index contributed by atoms with van der Waals surface area (Å²) in [5.74, 6) is -0.504. The molecule has 0 aliphatic heterocycles. The number of hydrogen-bond donors (Lipinski definition) is 1. The van der Waals surface area contributed by atoms with Crippen molar-refractivity contribution in [2.45, 2.75) is 6.54 Å². The summed E-state index contributed by atoms with van der Waals surface area (Å²) in [5, 5.41) is 3.39. The van der Waals surface area contributed by atoms with Crippen molar-refractivity contribution in [3.8, 4) is 22.7 Å². The van der Waals surface area contributed by atoms with E-state index in [-0.39, 0.29) is 24.6 Å². The molecule has 1 N–H and O–H groups in total. The lowest BCUT2D eigenvalue weighted by molar-refractivity contribution is -0.117. The second-order valence-corrected chi connectivity index (χ2v) is 9.23. The number of rotatable bonds is 9. The number of amides is 2. The van der Waals surface area contributed by atoms with Crippen molar-refractivity contribution in [2.75, 3.05) is 19.0 Å². The SMILES string of the molecule is COc1ccc(-n2cc(-c3ccc(Cl)cc3)nc2NC(=O)CN(Cc2ccco2)C(=O)c2ccccc2F)cc1. The van der Waals surface area contributed by atoms with Crippen LogP contribution in [0.3, 0.4) is 0 Å². The van der Waals surface area contributed by atoms with Crippen LogP contribution in [0.15, 0.2) is 102 Å². The molecule has 0 fully saturated rings. The number of methoxy groups -OCH3 is 1. The van der Waals surface area contributed by atoms with Gasteiger partial charge in [-0.15, -0.1) is 0 Å². The largest absolute Gasteiger partial charge is 0.497 e. The third kappa shape index (κ3) is 6.05. The van der Waals surface area contributed by atoms with Gasteiger partial charge in [-0.3, -0.25) is 19.5 Å². The Hall–Kier alpha value is -4.89. The molecular weight excluding hydrogens is 535 g/mol. The molecule has 0 bridgehead atoms. The number of imidazole rings is 1. The third-order valence-electron chi connectivity index (χ3n) is 6.10. The van der Waals surface area contributed by atoms with Gasteiger partial charge in [0.05, 0.1) is 31.2 Å². The number of hydrogen-bond acceptors (Lipinski definition) is 5. The highest BCUT2D eigenvalue weighted by Gasteiger charge is 2.24. The standard InChI is InChI=1S/C30H24ClFN4O4/c1-39-23-14-12-22(13-15-23)36-18-27(20-8-10-21(31)11-9-20)33-30(36)34-28(37)19-35(17-24-5-4-16-40-24)29(38)25-6-2-3-7-26(25)32/h2-16,18H,17,19H2,1H3,(H,33,34,37). The second-order valence-electron chi connectivity index (χ2n) is 8.79. The molecule has 2 amide bonds. The minimum atomic E-state index is -0.681. The van der Waals surface area contributed by atoms with Crippen molar-refractivity contribution in [1.82, 2.24) is 14.5 Å². The molecule has 0 saturated heterocycles. The summed E-state index contributed by atoms with van der Waals surface area (Å²) in [4.78, 5) is 32.5. The zero-order valence-corrected chi connectivity index (χ0v) is 22.1. The van der Waals surface area contributed by atoms with E-state index in [1.54, 1.807) is 60.3 Å². The molecule has 2 aromatic heterocycles. The maximum absolute atomic E-state index is 14.4. The monoisotopic (exact) mass is 558 g/mol. The zero-order chi connectivity index (χ0) is 28.1. The molecule has 0 unspecified atom stereocenters. The van der Waals surface area contributed by atoms with Crippen LogP contribution >= 0.6 is 11.6 Å². The number of benzene rings is 3. The Morgan fingerprint density at radius 1 is 1.02 bits per heavy atom. The number of halogens is 2. The molecule has 0 saturated carbocycles. The predicted molar refractivity (Wildman–Crippen MR) is 149 cm³/mol. The highest BCUT2D eigenvalue weighted by Crippen LogP contribution is 2.26. The smallest absolute Gasteiger partial charge is 0.257 e. The van der Waals surface area contributed by atoms with E-state index >= 15 is 0 Å². The van der Waals surface area contributed by atoms with E-state index in [2.05, 4.69) is 10.3 Å². The molecule has 0 spiro atoms. The van der Waals surface area contributed by atoms with Gasteiger partial charge in [-0.2, -0.15) is 0 Å². The van der Waals surface area contributed by atoms with Gasteiger partial charge in [0.25, 0.3) is 5.91 Å². The van der Waals surface area contributed by atoms with Crippen LogP contribution in [-0.2, 0) is 11.3 Å². The lowest BCUT2D eigenvalue weighted by atomic mass is 10.2. The highest BCUT2D eigenvalue weighted by atomic mass is 35.5. The van der Waals surface area contributed by atoms with Gasteiger partial charge >= 0.3 is 0 Å². The van der Waals surface area contributed by atoms with Crippen LogP contribution in [0, 0.1) is 5.82 Å². The fourth-order valence-electron chi connectivity index (χ4n) is 4.10. The van der Waals surface area contributed by atoms with E-state index < -0.39 is 17.6 Å². The zero-order valence-electron chi connectivity index (χ0n) is 21.4. The van der Waals surface area contributed by atoms with Gasteiger partial charge in [-0.1, -0.05) is 35.9 Å². The number of carbonyl (C=O) groups excluding carboxylic acids is 2. The topological polar surface area (TPSA) is 89.6 Å². The number of ether oxygens (including phenoxy) is 1. The molecule has 5 aromatic rings. The molecule has 0 atom stereocenters. The van der Waals surface area contributed by atoms with Crippen LogP contribution in [0.1, 0.15) is 16.1 Å². The summed E-state index contributed by atoms with van der Waals surface area (Å²) in [7, 11) is 1.58. The van der Waals surface area contributed by atoms with E-state index in [4.69, 9.17) is 20.8 Å². The molecule has 2 heterocycles. The van der Waals surface area contributed by atoms with Gasteiger partial charge in [0.2, 0.25) is 11.9 Å². The van der Waals surface area contributed by atoms with Gasteiger partial charge in [-0.25, -0.2) is 9.37 Å². The predicted octanol–water partition coefficient (Wildman–Crippen LogP) is 6.21. The van der Waals surface area contributed by atoms with Crippen molar-refractivity contribution >= 4 is 29.4 Å². The second kappa shape index (κ2) is 11.9. The Bertz CT molecular complexity index is 1620. The average Bonchev–Trinajstić information content (AvgIpc) is 3.63. The van der Waals surface area contributed by atoms with E-state index in [1.165, 1.54) is 29.4 Å². The van der Waals surface area contributed by atoms with Crippen LogP contribution in [0.2, 0.25) is 5.02 Å². The van der Waals surface area contributed by atoms with E-state index in [9.17, 15) is 14.0 Å². The number of furan rings is 1. The molecule has 3 aromatic carbocycles. The first-order valence-corrected chi connectivity index (χ1v) is 12.6. The lowest BCUT2D eigenvalue weighted by Gasteiger charge is -2.21. The summed E-state index contributed by atoms with van der Waals surface area (Å²) < 4.78 is 26.8. The van der Waals surface area contributed by atoms with E-state index in [0.29, 0.717) is 22.2 Å². The van der Waals surface area contributed by atoms with Crippen molar-refractivity contribution in [3.05, 3.63) is 120 Å². The van der Waals surface area contributed by atoms with Crippen LogP contribution in [0.5, 0.6) is 5.75 Å². The summed E-state index contributed by atoms with van der Waals surface area (Å²) in [6, 6.07) is 23.4. The number of anilines is 1. The summed E-state index contributed by atoms with van der Waals surface area (Å²) in [5.41, 5.74) is 1.96. The maximum atomic E-state index is 14.4. The normalized spacial score (nSPS) is 10.8. The van der Waals surface area contributed by atoms with Crippen LogP contribution in [-0.4, -0.2) is 39.9 Å². The van der Waals surface area contributed by atoms with Crippen molar-refractivity contribution < 1.29 is 23.1 Å². The van der Waals surface area contributed by atoms with E-state index in [0.717, 1.165) is 11.3 Å². The van der Waals surface area contributed by atoms with Crippen LogP contribution in [0.25, 0.3) is 16.9 Å². The quantitative estimate of drug-likeness (QED) is 0.232. The number of nitrogens with zero attached hydrogens (tertiary/aromatic N) is 3. The first kappa shape index (κ1) is 26.7. The fourth-order valence-corrected chi connectivity index (χ4v) is 4.23. The fraction of sp³-hybridized carbons (Fsp3) is 0.100. The number of nitrogens with one attached hydrogen (secondary N) is 1. The molecular formula is C30H24ClFN4O4. The Labute approximate surface area is 234 Å². The molecule has 202 valence electrons. The van der Waals surface area contributed by atoms with Crippen molar-refractivity contribution in [2.24, 2.45) is 0 Å². The Morgan fingerprint density at radius 2 is 1.77 bits per heavy atom. The van der Waals surface area contributed by atoms with Gasteiger partial charge in [-0.05, 0) is 60.7 Å². The van der Waals surface area contributed by atoms with Crippen LogP contribution in [0.4, 0.5) is 10.3 Å². The average molecular weight is 559 g/mol. The van der Waals surface area contributed by atoms with Crippen molar-refractivity contribution in [1.29, 1.82) is 0 Å². The van der Waals surface area contributed by atoms with Gasteiger partial charge in [0, 0.05) is 22.5 Å². The Balaban J connectivity index is 1.44.